The molecule has 1 aromatic heterocycles. The van der Waals surface area contributed by atoms with E-state index in [1.54, 1.807) is 6.20 Å². The molecule has 2 heterocycles. The van der Waals surface area contributed by atoms with E-state index in [0.29, 0.717) is 0 Å². The lowest BCUT2D eigenvalue weighted by atomic mass is 10.3. The van der Waals surface area contributed by atoms with Crippen molar-refractivity contribution < 1.29 is 0 Å². The third-order valence-corrected chi connectivity index (χ3v) is 2.28. The van der Waals surface area contributed by atoms with E-state index in [4.69, 9.17) is 0 Å². The molecular formula is C10H15N5. The molecule has 0 radical (unpaired) electrons. The number of hydrogen-bond acceptors (Lipinski definition) is 5. The number of anilines is 2. The maximum Gasteiger partial charge on any atom is 0.174 e. The number of nitrogens with zero attached hydrogens (tertiary/aromatic N) is 4. The van der Waals surface area contributed by atoms with E-state index in [9.17, 15) is 0 Å². The lowest BCUT2D eigenvalue weighted by Crippen LogP contribution is -2.32. The van der Waals surface area contributed by atoms with Gasteiger partial charge < -0.3 is 15.1 Å². The minimum Gasteiger partial charge on any atom is -0.388 e. The summed E-state index contributed by atoms with van der Waals surface area (Å²) in [6.45, 7) is 1.90. The minimum atomic E-state index is 0.893. The van der Waals surface area contributed by atoms with Crippen molar-refractivity contribution >= 4 is 11.5 Å². The van der Waals surface area contributed by atoms with Gasteiger partial charge in [-0.15, -0.1) is 5.10 Å². The Morgan fingerprint density at radius 3 is 3.00 bits per heavy atom. The van der Waals surface area contributed by atoms with Crippen LogP contribution in [0, 0.1) is 0 Å². The third-order valence-electron chi connectivity index (χ3n) is 2.28. The Balaban J connectivity index is 2.33. The van der Waals surface area contributed by atoms with Crippen LogP contribution in [0.5, 0.6) is 0 Å². The summed E-state index contributed by atoms with van der Waals surface area (Å²) >= 11 is 0. The van der Waals surface area contributed by atoms with Gasteiger partial charge in [0, 0.05) is 39.6 Å². The van der Waals surface area contributed by atoms with E-state index >= 15 is 0 Å². The average Bonchev–Trinajstić information content (AvgIpc) is 2.30. The molecule has 0 saturated heterocycles. The summed E-state index contributed by atoms with van der Waals surface area (Å²) in [5.74, 6) is 0.893. The Bertz CT molecular complexity index is 361. The topological polar surface area (TPSA) is 44.3 Å². The first-order valence-corrected chi connectivity index (χ1v) is 4.95. The fraction of sp³-hybridized carbons (Fsp3) is 0.400. The SMILES string of the molecule is CN(C)c1nnccc1N1C=CNCC1. The molecule has 0 amide bonds. The Labute approximate surface area is 89.4 Å². The molecule has 0 spiro atoms. The second-order valence-electron chi connectivity index (χ2n) is 3.60. The van der Waals surface area contributed by atoms with Crippen LogP contribution < -0.4 is 15.1 Å². The zero-order chi connectivity index (χ0) is 10.7. The molecule has 1 aliphatic heterocycles. The monoisotopic (exact) mass is 205 g/mol. The van der Waals surface area contributed by atoms with E-state index in [0.717, 1.165) is 24.6 Å². The number of hydrogen-bond donors (Lipinski definition) is 1. The molecular weight excluding hydrogens is 190 g/mol. The largest absolute Gasteiger partial charge is 0.388 e. The van der Waals surface area contributed by atoms with Gasteiger partial charge in [-0.1, -0.05) is 0 Å². The molecule has 80 valence electrons. The van der Waals surface area contributed by atoms with Gasteiger partial charge in [-0.2, -0.15) is 5.10 Å². The Morgan fingerprint density at radius 1 is 1.47 bits per heavy atom. The lowest BCUT2D eigenvalue weighted by Gasteiger charge is -2.27. The highest BCUT2D eigenvalue weighted by molar-refractivity contribution is 5.67. The van der Waals surface area contributed by atoms with Crippen molar-refractivity contribution in [2.75, 3.05) is 37.0 Å². The van der Waals surface area contributed by atoms with Gasteiger partial charge in [0.2, 0.25) is 0 Å². The van der Waals surface area contributed by atoms with Crippen molar-refractivity contribution in [2.24, 2.45) is 0 Å². The Hall–Kier alpha value is -1.78. The third kappa shape index (κ3) is 2.01. The van der Waals surface area contributed by atoms with E-state index in [1.807, 2.05) is 37.5 Å². The van der Waals surface area contributed by atoms with Crippen molar-refractivity contribution in [1.82, 2.24) is 15.5 Å². The highest BCUT2D eigenvalue weighted by atomic mass is 15.3. The van der Waals surface area contributed by atoms with Crippen LogP contribution in [0.3, 0.4) is 0 Å². The summed E-state index contributed by atoms with van der Waals surface area (Å²) in [4.78, 5) is 4.14. The van der Waals surface area contributed by atoms with E-state index < -0.39 is 0 Å². The van der Waals surface area contributed by atoms with E-state index in [1.165, 1.54) is 0 Å². The van der Waals surface area contributed by atoms with E-state index in [2.05, 4.69) is 20.4 Å². The van der Waals surface area contributed by atoms with Gasteiger partial charge in [0.15, 0.2) is 5.82 Å². The summed E-state index contributed by atoms with van der Waals surface area (Å²) in [5, 5.41) is 11.2. The van der Waals surface area contributed by atoms with Gasteiger partial charge in [-0.05, 0) is 6.07 Å². The summed E-state index contributed by atoms with van der Waals surface area (Å²) in [5.41, 5.74) is 1.09. The van der Waals surface area contributed by atoms with Gasteiger partial charge in [0.05, 0.1) is 11.9 Å². The molecule has 1 N–H and O–H groups in total. The molecule has 15 heavy (non-hydrogen) atoms. The van der Waals surface area contributed by atoms with Crippen LogP contribution in [0.1, 0.15) is 0 Å². The lowest BCUT2D eigenvalue weighted by molar-refractivity contribution is 0.771. The highest BCUT2D eigenvalue weighted by Gasteiger charge is 2.13. The number of rotatable bonds is 2. The molecule has 0 saturated carbocycles. The Morgan fingerprint density at radius 2 is 2.33 bits per heavy atom. The second-order valence-corrected chi connectivity index (χ2v) is 3.60. The second kappa shape index (κ2) is 4.16. The van der Waals surface area contributed by atoms with Gasteiger partial charge >= 0.3 is 0 Å². The van der Waals surface area contributed by atoms with Crippen molar-refractivity contribution in [3.05, 3.63) is 24.7 Å². The average molecular weight is 205 g/mol. The standard InChI is InChI=1S/C10H15N5/c1-14(2)10-9(3-4-12-13-10)15-7-5-11-6-8-15/h3-5,7,11H,6,8H2,1-2H3. The number of aromatic nitrogens is 2. The van der Waals surface area contributed by atoms with Crippen molar-refractivity contribution in [3.8, 4) is 0 Å². The maximum atomic E-state index is 4.13. The van der Waals surface area contributed by atoms with Crippen LogP contribution in [0.15, 0.2) is 24.7 Å². The zero-order valence-electron chi connectivity index (χ0n) is 9.01. The fourth-order valence-electron chi connectivity index (χ4n) is 1.55. The van der Waals surface area contributed by atoms with Crippen molar-refractivity contribution in [1.29, 1.82) is 0 Å². The molecule has 0 aromatic carbocycles. The van der Waals surface area contributed by atoms with Gasteiger partial charge in [-0.3, -0.25) is 0 Å². The maximum absolute atomic E-state index is 4.13. The van der Waals surface area contributed by atoms with Crippen LogP contribution in [-0.4, -0.2) is 37.4 Å². The summed E-state index contributed by atoms with van der Waals surface area (Å²) in [6, 6.07) is 1.98. The smallest absolute Gasteiger partial charge is 0.174 e. The molecule has 2 rings (SSSR count). The highest BCUT2D eigenvalue weighted by Crippen LogP contribution is 2.24. The van der Waals surface area contributed by atoms with Crippen LogP contribution in [0.2, 0.25) is 0 Å². The zero-order valence-corrected chi connectivity index (χ0v) is 9.01. The molecule has 0 atom stereocenters. The van der Waals surface area contributed by atoms with Crippen LogP contribution >= 0.6 is 0 Å². The molecule has 0 fully saturated rings. The first-order valence-electron chi connectivity index (χ1n) is 4.95. The van der Waals surface area contributed by atoms with Crippen LogP contribution in [0.4, 0.5) is 11.5 Å². The van der Waals surface area contributed by atoms with Crippen LogP contribution in [-0.2, 0) is 0 Å². The van der Waals surface area contributed by atoms with Crippen LogP contribution in [0.25, 0.3) is 0 Å². The van der Waals surface area contributed by atoms with Gasteiger partial charge in [-0.25, -0.2) is 0 Å². The summed E-state index contributed by atoms with van der Waals surface area (Å²) < 4.78 is 0. The molecule has 5 heteroatoms. The minimum absolute atomic E-state index is 0.893. The predicted molar refractivity (Wildman–Crippen MR) is 60.8 cm³/mol. The van der Waals surface area contributed by atoms with Crippen molar-refractivity contribution in [3.63, 3.8) is 0 Å². The van der Waals surface area contributed by atoms with Crippen molar-refractivity contribution in [2.45, 2.75) is 0 Å². The fourth-order valence-corrected chi connectivity index (χ4v) is 1.55. The molecule has 0 unspecified atom stereocenters. The van der Waals surface area contributed by atoms with Gasteiger partial charge in [0.25, 0.3) is 0 Å². The summed E-state index contributed by atoms with van der Waals surface area (Å²) in [7, 11) is 3.94. The molecule has 1 aromatic rings. The van der Waals surface area contributed by atoms with Gasteiger partial charge in [0.1, 0.15) is 0 Å². The first kappa shape index (κ1) is 9.76. The Kier molecular flexibility index (Phi) is 2.71. The molecule has 1 aliphatic rings. The molecule has 0 aliphatic carbocycles. The number of nitrogens with one attached hydrogen (secondary N) is 1. The normalized spacial score (nSPS) is 14.9. The predicted octanol–water partition coefficient (Wildman–Crippen LogP) is 0.423. The quantitative estimate of drug-likeness (QED) is 0.758. The summed E-state index contributed by atoms with van der Waals surface area (Å²) in [6.07, 6.45) is 5.69. The molecule has 5 nitrogen and oxygen atoms in total. The first-order chi connectivity index (χ1) is 7.29. The molecule has 0 bridgehead atoms. The van der Waals surface area contributed by atoms with E-state index in [-0.39, 0.29) is 0 Å².